The summed E-state index contributed by atoms with van der Waals surface area (Å²) in [7, 11) is 0. The molecule has 0 aromatic heterocycles. The molecule has 0 atom stereocenters. The van der Waals surface area contributed by atoms with Crippen molar-refractivity contribution in [1.29, 1.82) is 0 Å². The van der Waals surface area contributed by atoms with Crippen LogP contribution in [0.5, 0.6) is 0 Å². The molecule has 1 aromatic rings. The smallest absolute Gasteiger partial charge is 0.230 e. The van der Waals surface area contributed by atoms with E-state index in [0.717, 1.165) is 44.3 Å². The number of hydrogen-bond donors (Lipinski definition) is 2. The average molecular weight is 311 g/mol. The van der Waals surface area contributed by atoms with Crippen LogP contribution in [0, 0.1) is 0 Å². The molecule has 0 spiro atoms. The van der Waals surface area contributed by atoms with Gasteiger partial charge in [0.05, 0.1) is 5.41 Å². The lowest BCUT2D eigenvalue weighted by molar-refractivity contribution is -0.128. The molecule has 1 amide bonds. The van der Waals surface area contributed by atoms with E-state index >= 15 is 0 Å². The van der Waals surface area contributed by atoms with Crippen molar-refractivity contribution in [1.82, 2.24) is 10.6 Å². The number of carbonyl (C=O) groups excluding carboxylic acids is 1. The van der Waals surface area contributed by atoms with E-state index in [0.29, 0.717) is 6.04 Å². The Morgan fingerprint density at radius 3 is 2.29 bits per heavy atom. The number of amides is 1. The average Bonchev–Trinajstić information content (AvgIpc) is 2.51. The molecule has 3 nitrogen and oxygen atoms in total. The van der Waals surface area contributed by atoms with Gasteiger partial charge in [-0.1, -0.05) is 44.2 Å². The van der Waals surface area contributed by atoms with Gasteiger partial charge in [0.1, 0.15) is 0 Å². The van der Waals surface area contributed by atoms with Crippen LogP contribution >= 0.6 is 12.4 Å². The molecule has 1 aromatic carbocycles. The van der Waals surface area contributed by atoms with E-state index in [2.05, 4.69) is 36.6 Å². The van der Waals surface area contributed by atoms with Crippen LogP contribution in [0.3, 0.4) is 0 Å². The quantitative estimate of drug-likeness (QED) is 0.877. The first-order chi connectivity index (χ1) is 9.73. The van der Waals surface area contributed by atoms with Crippen LogP contribution in [0.15, 0.2) is 30.3 Å². The Balaban J connectivity index is 0.00000220. The summed E-state index contributed by atoms with van der Waals surface area (Å²) in [6.07, 6.45) is 3.74. The highest BCUT2D eigenvalue weighted by Gasteiger charge is 2.37. The maximum atomic E-state index is 12.9. The van der Waals surface area contributed by atoms with E-state index < -0.39 is 0 Å². The number of hydrogen-bond acceptors (Lipinski definition) is 2. The monoisotopic (exact) mass is 310 g/mol. The summed E-state index contributed by atoms with van der Waals surface area (Å²) in [6.45, 7) is 6.22. The molecule has 4 heteroatoms. The van der Waals surface area contributed by atoms with E-state index in [1.165, 1.54) is 0 Å². The second-order valence-corrected chi connectivity index (χ2v) is 5.65. The van der Waals surface area contributed by atoms with Crippen LogP contribution < -0.4 is 10.6 Å². The van der Waals surface area contributed by atoms with Gasteiger partial charge in [0.15, 0.2) is 0 Å². The predicted octanol–water partition coefficient (Wildman–Crippen LogP) is 3.03. The zero-order chi connectivity index (χ0) is 14.4. The molecular formula is C17H27ClN2O. The first kappa shape index (κ1) is 18.0. The molecule has 2 rings (SSSR count). The van der Waals surface area contributed by atoms with Crippen molar-refractivity contribution in [2.75, 3.05) is 13.1 Å². The van der Waals surface area contributed by atoms with Crippen LogP contribution in [0.25, 0.3) is 0 Å². The lowest BCUT2D eigenvalue weighted by Crippen LogP contribution is -2.50. The molecular weight excluding hydrogens is 284 g/mol. The van der Waals surface area contributed by atoms with E-state index in [-0.39, 0.29) is 23.7 Å². The van der Waals surface area contributed by atoms with E-state index in [1.807, 2.05) is 18.2 Å². The van der Waals surface area contributed by atoms with Gasteiger partial charge in [0.25, 0.3) is 0 Å². The van der Waals surface area contributed by atoms with Gasteiger partial charge in [-0.2, -0.15) is 0 Å². The predicted molar refractivity (Wildman–Crippen MR) is 90.0 cm³/mol. The summed E-state index contributed by atoms with van der Waals surface area (Å²) < 4.78 is 0. The maximum Gasteiger partial charge on any atom is 0.230 e. The number of halogens is 1. The second-order valence-electron chi connectivity index (χ2n) is 5.65. The third-order valence-electron chi connectivity index (χ3n) is 4.64. The zero-order valence-corrected chi connectivity index (χ0v) is 13.8. The third-order valence-corrected chi connectivity index (χ3v) is 4.64. The Morgan fingerprint density at radius 1 is 1.19 bits per heavy atom. The summed E-state index contributed by atoms with van der Waals surface area (Å²) in [4.78, 5) is 12.9. The molecule has 1 saturated heterocycles. The molecule has 1 aliphatic heterocycles. The highest BCUT2D eigenvalue weighted by molar-refractivity contribution is 5.88. The fourth-order valence-corrected chi connectivity index (χ4v) is 3.16. The molecule has 0 bridgehead atoms. The minimum atomic E-state index is -0.383. The molecule has 2 N–H and O–H groups in total. The van der Waals surface area contributed by atoms with Gasteiger partial charge in [-0.15, -0.1) is 12.4 Å². The van der Waals surface area contributed by atoms with Crippen LogP contribution in [0.4, 0.5) is 0 Å². The molecule has 0 radical (unpaired) electrons. The van der Waals surface area contributed by atoms with Gasteiger partial charge >= 0.3 is 0 Å². The lowest BCUT2D eigenvalue weighted by Gasteiger charge is -2.34. The number of nitrogens with one attached hydrogen (secondary N) is 2. The van der Waals surface area contributed by atoms with Crippen molar-refractivity contribution in [3.63, 3.8) is 0 Å². The Labute approximate surface area is 134 Å². The van der Waals surface area contributed by atoms with Gasteiger partial charge in [-0.05, 0) is 44.3 Å². The summed E-state index contributed by atoms with van der Waals surface area (Å²) in [6, 6.07) is 10.5. The Hall–Kier alpha value is -1.06. The van der Waals surface area contributed by atoms with Crippen molar-refractivity contribution in [3.8, 4) is 0 Å². The first-order valence-electron chi connectivity index (χ1n) is 7.80. The maximum absolute atomic E-state index is 12.9. The van der Waals surface area contributed by atoms with Crippen LogP contribution in [-0.4, -0.2) is 25.0 Å². The standard InChI is InChI=1S/C17H26N2O.ClH/c1-3-17(4-2,14-8-6-5-7-9-14)16(20)19-15-10-12-18-13-11-15;/h5-9,15,18H,3-4,10-13H2,1-2H3,(H,19,20);1H. The SMILES string of the molecule is CCC(CC)(C(=O)NC1CCNCC1)c1ccccc1.Cl. The second kappa shape index (κ2) is 8.40. The molecule has 118 valence electrons. The van der Waals surface area contributed by atoms with Crippen LogP contribution in [0.2, 0.25) is 0 Å². The van der Waals surface area contributed by atoms with Crippen molar-refractivity contribution < 1.29 is 4.79 Å². The van der Waals surface area contributed by atoms with Gasteiger partial charge in [-0.25, -0.2) is 0 Å². The molecule has 21 heavy (non-hydrogen) atoms. The molecule has 0 aliphatic carbocycles. The largest absolute Gasteiger partial charge is 0.353 e. The summed E-state index contributed by atoms with van der Waals surface area (Å²) in [5, 5.41) is 6.62. The lowest BCUT2D eigenvalue weighted by atomic mass is 9.74. The molecule has 0 saturated carbocycles. The van der Waals surface area contributed by atoms with Crippen LogP contribution in [-0.2, 0) is 10.2 Å². The highest BCUT2D eigenvalue weighted by Crippen LogP contribution is 2.32. The van der Waals surface area contributed by atoms with E-state index in [1.54, 1.807) is 0 Å². The molecule has 1 heterocycles. The fourth-order valence-electron chi connectivity index (χ4n) is 3.16. The van der Waals surface area contributed by atoms with Crippen molar-refractivity contribution in [3.05, 3.63) is 35.9 Å². The van der Waals surface area contributed by atoms with Gasteiger partial charge in [-0.3, -0.25) is 4.79 Å². The first-order valence-corrected chi connectivity index (χ1v) is 7.80. The van der Waals surface area contributed by atoms with Crippen molar-refractivity contribution in [2.45, 2.75) is 51.0 Å². The van der Waals surface area contributed by atoms with Gasteiger partial charge in [0, 0.05) is 6.04 Å². The Morgan fingerprint density at radius 2 is 1.76 bits per heavy atom. The highest BCUT2D eigenvalue weighted by atomic mass is 35.5. The number of benzene rings is 1. The van der Waals surface area contributed by atoms with Crippen molar-refractivity contribution >= 4 is 18.3 Å². The Kier molecular flexibility index (Phi) is 7.20. The molecule has 1 fully saturated rings. The summed E-state index contributed by atoms with van der Waals surface area (Å²) in [5.74, 6) is 0.195. The van der Waals surface area contributed by atoms with E-state index in [4.69, 9.17) is 0 Å². The Bertz CT molecular complexity index is 426. The molecule has 1 aliphatic rings. The summed E-state index contributed by atoms with van der Waals surface area (Å²) in [5.41, 5.74) is 0.753. The minimum absolute atomic E-state index is 0. The number of carbonyl (C=O) groups is 1. The zero-order valence-electron chi connectivity index (χ0n) is 13.0. The van der Waals surface area contributed by atoms with Crippen LogP contribution in [0.1, 0.15) is 45.1 Å². The minimum Gasteiger partial charge on any atom is -0.353 e. The fraction of sp³-hybridized carbons (Fsp3) is 0.588. The topological polar surface area (TPSA) is 41.1 Å². The van der Waals surface area contributed by atoms with Gasteiger partial charge in [0.2, 0.25) is 5.91 Å². The number of piperidine rings is 1. The van der Waals surface area contributed by atoms with Gasteiger partial charge < -0.3 is 10.6 Å². The number of rotatable bonds is 5. The normalized spacial score (nSPS) is 16.1. The third kappa shape index (κ3) is 3.98. The molecule has 0 unspecified atom stereocenters. The van der Waals surface area contributed by atoms with E-state index in [9.17, 15) is 4.79 Å². The van der Waals surface area contributed by atoms with Crippen molar-refractivity contribution in [2.24, 2.45) is 0 Å². The summed E-state index contributed by atoms with van der Waals surface area (Å²) >= 11 is 0.